The molecule has 0 aliphatic carbocycles. The molecule has 0 amide bonds. The Morgan fingerprint density at radius 3 is 2.94 bits per heavy atom. The highest BCUT2D eigenvalue weighted by Crippen LogP contribution is 2.24. The van der Waals surface area contributed by atoms with E-state index in [1.807, 2.05) is 12.3 Å². The normalized spacial score (nSPS) is 11.3. The van der Waals surface area contributed by atoms with Gasteiger partial charge in [-0.2, -0.15) is 0 Å². The lowest BCUT2D eigenvalue weighted by Gasteiger charge is -2.09. The average molecular weight is 284 g/mol. The Bertz CT molecular complexity index is 604. The number of rotatable bonds is 5. The summed E-state index contributed by atoms with van der Waals surface area (Å²) < 4.78 is 1.66. The summed E-state index contributed by atoms with van der Waals surface area (Å²) >= 11 is 3.05. The van der Waals surface area contributed by atoms with Gasteiger partial charge in [-0.1, -0.05) is 18.7 Å². The van der Waals surface area contributed by atoms with Gasteiger partial charge < -0.3 is 5.11 Å². The van der Waals surface area contributed by atoms with Crippen LogP contribution in [0.1, 0.15) is 18.2 Å². The van der Waals surface area contributed by atoms with E-state index in [1.165, 1.54) is 16.6 Å². The molecule has 0 aliphatic rings. The van der Waals surface area contributed by atoms with Crippen molar-refractivity contribution >= 4 is 33.3 Å². The number of hydrogen-bond acceptors (Lipinski definition) is 5. The number of aromatic nitrogens is 2. The molecule has 0 fully saturated rings. The third-order valence-corrected chi connectivity index (χ3v) is 4.59. The van der Waals surface area contributed by atoms with Gasteiger partial charge in [0.2, 0.25) is 0 Å². The molecule has 2 rings (SSSR count). The van der Waals surface area contributed by atoms with Gasteiger partial charge >= 0.3 is 0 Å². The lowest BCUT2D eigenvalue weighted by Crippen LogP contribution is -2.23. The number of aliphatic hydroxyl groups excluding tert-OH is 1. The Kier molecular flexibility index (Phi) is 4.42. The molecule has 2 aromatic heterocycles. The zero-order valence-corrected chi connectivity index (χ0v) is 12.1. The van der Waals surface area contributed by atoms with E-state index in [1.54, 1.807) is 15.9 Å². The zero-order chi connectivity index (χ0) is 13.1. The van der Waals surface area contributed by atoms with Crippen LogP contribution in [0.5, 0.6) is 0 Å². The van der Waals surface area contributed by atoms with Crippen LogP contribution in [0.2, 0.25) is 0 Å². The largest absolute Gasteiger partial charge is 0.396 e. The maximum absolute atomic E-state index is 12.4. The van der Waals surface area contributed by atoms with Crippen LogP contribution in [0.4, 0.5) is 0 Å². The molecule has 0 unspecified atom stereocenters. The molecular weight excluding hydrogens is 268 g/mol. The molecular formula is C12H16N2O2S2. The van der Waals surface area contributed by atoms with Crippen LogP contribution in [0.3, 0.4) is 0 Å². The molecule has 0 saturated carbocycles. The van der Waals surface area contributed by atoms with Gasteiger partial charge in [0.15, 0.2) is 5.16 Å². The van der Waals surface area contributed by atoms with Crippen molar-refractivity contribution in [2.45, 2.75) is 31.5 Å². The van der Waals surface area contributed by atoms with Crippen LogP contribution in [0.15, 0.2) is 16.0 Å². The lowest BCUT2D eigenvalue weighted by atomic mass is 10.3. The Morgan fingerprint density at radius 2 is 2.33 bits per heavy atom. The molecule has 0 aliphatic heterocycles. The molecule has 0 radical (unpaired) electrons. The predicted octanol–water partition coefficient (Wildman–Crippen LogP) is 2.12. The first-order valence-electron chi connectivity index (χ1n) is 5.89. The third-order valence-electron chi connectivity index (χ3n) is 2.74. The zero-order valence-electron chi connectivity index (χ0n) is 10.5. The molecule has 0 saturated heterocycles. The molecule has 6 heteroatoms. The summed E-state index contributed by atoms with van der Waals surface area (Å²) in [5.74, 6) is 0. The number of fused-ring (bicyclic) bond motifs is 1. The Balaban J connectivity index is 2.60. The van der Waals surface area contributed by atoms with Crippen LogP contribution in [-0.4, -0.2) is 27.5 Å². The molecule has 0 aromatic carbocycles. The number of aryl methyl sites for hydroxylation is 1. The minimum atomic E-state index is 0.00810. The van der Waals surface area contributed by atoms with E-state index in [0.29, 0.717) is 18.4 Å². The van der Waals surface area contributed by atoms with Crippen molar-refractivity contribution in [1.82, 2.24) is 9.55 Å². The second kappa shape index (κ2) is 5.86. The van der Waals surface area contributed by atoms with Gasteiger partial charge in [-0.05, 0) is 25.2 Å². The van der Waals surface area contributed by atoms with Gasteiger partial charge in [-0.3, -0.25) is 9.36 Å². The van der Waals surface area contributed by atoms with E-state index >= 15 is 0 Å². The molecule has 18 heavy (non-hydrogen) atoms. The Hall–Kier alpha value is -0.850. The molecule has 2 heterocycles. The minimum Gasteiger partial charge on any atom is -0.396 e. The second-order valence-corrected chi connectivity index (χ2v) is 5.81. The third kappa shape index (κ3) is 2.46. The summed E-state index contributed by atoms with van der Waals surface area (Å²) in [6.45, 7) is 2.68. The summed E-state index contributed by atoms with van der Waals surface area (Å²) in [4.78, 5) is 18.9. The fourth-order valence-corrected chi connectivity index (χ4v) is 3.40. The molecule has 1 N–H and O–H groups in total. The van der Waals surface area contributed by atoms with Crippen molar-refractivity contribution in [2.24, 2.45) is 0 Å². The first-order valence-corrected chi connectivity index (χ1v) is 7.93. The summed E-state index contributed by atoms with van der Waals surface area (Å²) in [5.41, 5.74) is 0.00810. The number of thioether (sulfide) groups is 1. The van der Waals surface area contributed by atoms with Crippen molar-refractivity contribution in [2.75, 3.05) is 12.9 Å². The standard InChI is InChI=1S/C12H16N2O2S2/c1-3-8-7-9-10(18-8)13-12(17-2)14(11(9)16)5-4-6-15/h7,15H,3-6H2,1-2H3. The molecule has 0 spiro atoms. The Labute approximate surface area is 114 Å². The van der Waals surface area contributed by atoms with Gasteiger partial charge in [-0.25, -0.2) is 4.98 Å². The van der Waals surface area contributed by atoms with E-state index in [2.05, 4.69) is 11.9 Å². The number of nitrogens with zero attached hydrogens (tertiary/aromatic N) is 2. The molecule has 0 atom stereocenters. The van der Waals surface area contributed by atoms with Crippen molar-refractivity contribution in [3.63, 3.8) is 0 Å². The van der Waals surface area contributed by atoms with Crippen LogP contribution >= 0.6 is 23.1 Å². The maximum atomic E-state index is 12.4. The molecule has 0 bridgehead atoms. The predicted molar refractivity (Wildman–Crippen MR) is 76.7 cm³/mol. The van der Waals surface area contributed by atoms with Gasteiger partial charge in [0.25, 0.3) is 5.56 Å². The monoisotopic (exact) mass is 284 g/mol. The van der Waals surface area contributed by atoms with E-state index in [4.69, 9.17) is 5.11 Å². The van der Waals surface area contributed by atoms with E-state index in [-0.39, 0.29) is 12.2 Å². The van der Waals surface area contributed by atoms with Crippen molar-refractivity contribution in [1.29, 1.82) is 0 Å². The lowest BCUT2D eigenvalue weighted by molar-refractivity contribution is 0.276. The smallest absolute Gasteiger partial charge is 0.262 e. The fraction of sp³-hybridized carbons (Fsp3) is 0.500. The highest BCUT2D eigenvalue weighted by Gasteiger charge is 2.12. The SMILES string of the molecule is CCc1cc2c(=O)n(CCCO)c(SC)nc2s1. The highest BCUT2D eigenvalue weighted by atomic mass is 32.2. The number of thiophene rings is 1. The van der Waals surface area contributed by atoms with Gasteiger partial charge in [0.05, 0.1) is 5.39 Å². The average Bonchev–Trinajstić information content (AvgIpc) is 2.80. The molecule has 4 nitrogen and oxygen atoms in total. The van der Waals surface area contributed by atoms with Crippen molar-refractivity contribution in [3.05, 3.63) is 21.3 Å². The highest BCUT2D eigenvalue weighted by molar-refractivity contribution is 7.98. The Morgan fingerprint density at radius 1 is 1.56 bits per heavy atom. The fourth-order valence-electron chi connectivity index (χ4n) is 1.80. The summed E-state index contributed by atoms with van der Waals surface area (Å²) in [7, 11) is 0. The van der Waals surface area contributed by atoms with Crippen LogP contribution in [-0.2, 0) is 13.0 Å². The van der Waals surface area contributed by atoms with E-state index < -0.39 is 0 Å². The molecule has 98 valence electrons. The number of hydrogen-bond donors (Lipinski definition) is 1. The van der Waals surface area contributed by atoms with Crippen molar-refractivity contribution in [3.8, 4) is 0 Å². The van der Waals surface area contributed by atoms with Crippen LogP contribution in [0.25, 0.3) is 10.2 Å². The van der Waals surface area contributed by atoms with E-state index in [0.717, 1.165) is 16.4 Å². The maximum Gasteiger partial charge on any atom is 0.262 e. The minimum absolute atomic E-state index is 0.00810. The van der Waals surface area contributed by atoms with Gasteiger partial charge in [0, 0.05) is 18.0 Å². The first-order chi connectivity index (χ1) is 8.71. The van der Waals surface area contributed by atoms with E-state index in [9.17, 15) is 4.79 Å². The van der Waals surface area contributed by atoms with Crippen LogP contribution in [0, 0.1) is 0 Å². The quantitative estimate of drug-likeness (QED) is 0.675. The topological polar surface area (TPSA) is 55.1 Å². The first kappa shape index (κ1) is 13.6. The molecule has 2 aromatic rings. The van der Waals surface area contributed by atoms with Gasteiger partial charge in [-0.15, -0.1) is 11.3 Å². The summed E-state index contributed by atoms with van der Waals surface area (Å²) in [6.07, 6.45) is 3.41. The van der Waals surface area contributed by atoms with Gasteiger partial charge in [0.1, 0.15) is 4.83 Å². The van der Waals surface area contributed by atoms with Crippen molar-refractivity contribution < 1.29 is 5.11 Å². The second-order valence-electron chi connectivity index (χ2n) is 3.92. The summed E-state index contributed by atoms with van der Waals surface area (Å²) in [6, 6.07) is 1.94. The van der Waals surface area contributed by atoms with Crippen LogP contribution < -0.4 is 5.56 Å². The summed E-state index contributed by atoms with van der Waals surface area (Å²) in [5, 5.41) is 10.3. The number of aliphatic hydroxyl groups is 1.